The molecule has 2 aromatic rings. The Morgan fingerprint density at radius 3 is 2.71 bits per heavy atom. The van der Waals surface area contributed by atoms with Gasteiger partial charge in [-0.1, -0.05) is 0 Å². The minimum atomic E-state index is -0.251. The van der Waals surface area contributed by atoms with Crippen LogP contribution in [0.2, 0.25) is 0 Å². The van der Waals surface area contributed by atoms with Gasteiger partial charge in [-0.15, -0.1) is 0 Å². The van der Waals surface area contributed by atoms with Crippen LogP contribution in [-0.4, -0.2) is 18.4 Å². The van der Waals surface area contributed by atoms with E-state index in [1.807, 2.05) is 12.1 Å². The lowest BCUT2D eigenvalue weighted by molar-refractivity contribution is -0.118. The Morgan fingerprint density at radius 2 is 1.95 bits per heavy atom. The lowest BCUT2D eigenvalue weighted by atomic mass is 10.1. The zero-order valence-electron chi connectivity index (χ0n) is 11.0. The Balaban J connectivity index is 1.80. The Morgan fingerprint density at radius 1 is 1.19 bits per heavy atom. The summed E-state index contributed by atoms with van der Waals surface area (Å²) in [7, 11) is 0. The highest BCUT2D eigenvalue weighted by molar-refractivity contribution is 7.58. The molecule has 0 radical (unpaired) electrons. The van der Waals surface area contributed by atoms with Gasteiger partial charge in [0, 0.05) is 11.3 Å². The summed E-state index contributed by atoms with van der Waals surface area (Å²) in [6.07, 6.45) is 0. The second-order valence-corrected chi connectivity index (χ2v) is 5.16. The van der Waals surface area contributed by atoms with E-state index >= 15 is 0 Å². The summed E-state index contributed by atoms with van der Waals surface area (Å²) in [4.78, 5) is 24.4. The second-order valence-electron chi connectivity index (χ2n) is 4.58. The van der Waals surface area contributed by atoms with E-state index in [0.29, 0.717) is 22.7 Å². The molecule has 0 fully saturated rings. The van der Waals surface area contributed by atoms with E-state index in [-0.39, 0.29) is 18.4 Å². The zero-order valence-corrected chi connectivity index (χ0v) is 12.0. The van der Waals surface area contributed by atoms with E-state index in [4.69, 9.17) is 4.74 Å². The predicted molar refractivity (Wildman–Crippen MR) is 83.4 cm³/mol. The molecule has 0 spiro atoms. The molecule has 0 atom stereocenters. The molecule has 0 aromatic heterocycles. The van der Waals surface area contributed by atoms with Crippen molar-refractivity contribution >= 4 is 35.8 Å². The highest BCUT2D eigenvalue weighted by Gasteiger charge is 2.17. The summed E-state index contributed by atoms with van der Waals surface area (Å²) in [5, 5.41) is 5.47. The molecule has 0 saturated heterocycles. The van der Waals surface area contributed by atoms with Crippen molar-refractivity contribution in [3.8, 4) is 5.75 Å². The van der Waals surface area contributed by atoms with Gasteiger partial charge in [0.2, 0.25) is 0 Å². The van der Waals surface area contributed by atoms with Gasteiger partial charge in [0.15, 0.2) is 6.61 Å². The fraction of sp³-hybridized carbons (Fsp3) is 0.0667. The fourth-order valence-corrected chi connectivity index (χ4v) is 2.15. The van der Waals surface area contributed by atoms with Crippen LogP contribution < -0.4 is 15.4 Å². The highest BCUT2D eigenvalue weighted by atomic mass is 32.1. The maximum Gasteiger partial charge on any atom is 0.262 e. The number of carbonyl (C=O) groups is 2. The summed E-state index contributed by atoms with van der Waals surface area (Å²) in [5.74, 6) is 0.0848. The molecule has 6 heteroatoms. The van der Waals surface area contributed by atoms with E-state index in [2.05, 4.69) is 23.3 Å². The van der Waals surface area contributed by atoms with Crippen LogP contribution in [0.1, 0.15) is 10.4 Å². The Kier molecular flexibility index (Phi) is 3.53. The molecule has 2 N–H and O–H groups in total. The topological polar surface area (TPSA) is 67.4 Å². The molecule has 21 heavy (non-hydrogen) atoms. The average molecular weight is 301 g/mol. The molecule has 1 heterocycles. The number of fused-ring (bicyclic) bond motifs is 1. The summed E-state index contributed by atoms with van der Waals surface area (Å²) < 4.78 is 5.25. The minimum Gasteiger partial charge on any atom is -0.482 e. The van der Waals surface area contributed by atoms with Crippen molar-refractivity contribution in [1.82, 2.24) is 0 Å². The third kappa shape index (κ3) is 3.00. The largest absolute Gasteiger partial charge is 0.482 e. The monoisotopic (exact) mass is 301 g/mol. The van der Waals surface area contributed by atoms with Gasteiger partial charge in [-0.2, -0.15) is 0 Å². The van der Waals surface area contributed by atoms with E-state index < -0.39 is 0 Å². The Hall–Kier alpha value is -2.47. The lowest BCUT2D eigenvalue weighted by Crippen LogP contribution is -2.25. The molecule has 0 bridgehead atoms. The number of amides is 2. The highest BCUT2D eigenvalue weighted by Crippen LogP contribution is 2.28. The predicted octanol–water partition coefficient (Wildman–Crippen LogP) is 1.64. The average Bonchev–Trinajstić information content (AvgIpc) is 2.48. The van der Waals surface area contributed by atoms with E-state index in [1.165, 1.54) is 0 Å². The third-order valence-electron chi connectivity index (χ3n) is 3.02. The summed E-state index contributed by atoms with van der Waals surface area (Å²) in [6, 6.07) is 12.2. The number of anilines is 2. The molecule has 3 rings (SSSR count). The van der Waals surface area contributed by atoms with Gasteiger partial charge < -0.3 is 15.4 Å². The first kappa shape index (κ1) is 13.5. The van der Waals surface area contributed by atoms with Gasteiger partial charge in [-0.05, 0) is 55.1 Å². The number of ether oxygens (including phenoxy) is 1. The van der Waals surface area contributed by atoms with Crippen LogP contribution in [0, 0.1) is 0 Å². The van der Waals surface area contributed by atoms with Crippen LogP contribution in [0.5, 0.6) is 5.75 Å². The fourth-order valence-electron chi connectivity index (χ4n) is 1.98. The molecule has 2 amide bonds. The molecule has 1 aliphatic heterocycles. The van der Waals surface area contributed by atoms with Crippen LogP contribution in [-0.2, 0) is 17.4 Å². The zero-order chi connectivity index (χ0) is 14.8. The maximum absolute atomic E-state index is 12.2. The normalized spacial score (nSPS) is 12.9. The van der Waals surface area contributed by atoms with Crippen molar-refractivity contribution < 1.29 is 14.3 Å². The first-order valence-electron chi connectivity index (χ1n) is 6.31. The van der Waals surface area contributed by atoms with Gasteiger partial charge >= 0.3 is 0 Å². The molecular weight excluding hydrogens is 288 g/mol. The second kappa shape index (κ2) is 5.49. The number of carbonyl (C=O) groups excluding carboxylic acids is 2. The molecule has 0 aliphatic carbocycles. The number of benzene rings is 2. The van der Waals surface area contributed by atoms with Crippen molar-refractivity contribution in [2.75, 3.05) is 17.2 Å². The lowest BCUT2D eigenvalue weighted by Gasteiger charge is -2.18. The van der Waals surface area contributed by atoms with Crippen molar-refractivity contribution in [2.24, 2.45) is 0 Å². The SMILES string of the molecule is O=C1COc2ccc(C(=O)Nc3ccc([SH2+])cc3)cc2N1. The number of hydrogen-bond acceptors (Lipinski definition) is 3. The maximum atomic E-state index is 12.2. The van der Waals surface area contributed by atoms with Crippen molar-refractivity contribution in [1.29, 1.82) is 0 Å². The Bertz CT molecular complexity index is 713. The van der Waals surface area contributed by atoms with Crippen LogP contribution >= 0.6 is 0 Å². The van der Waals surface area contributed by atoms with Crippen LogP contribution in [0.4, 0.5) is 11.4 Å². The van der Waals surface area contributed by atoms with E-state index in [9.17, 15) is 9.59 Å². The minimum absolute atomic E-state index is 0.00271. The third-order valence-corrected chi connectivity index (χ3v) is 3.35. The summed E-state index contributed by atoms with van der Waals surface area (Å²) in [6.45, 7) is -0.00271. The van der Waals surface area contributed by atoms with E-state index in [0.717, 1.165) is 4.90 Å². The van der Waals surface area contributed by atoms with Gasteiger partial charge in [-0.3, -0.25) is 9.59 Å². The standard InChI is InChI=1S/C15H12N2O3S/c18-14-8-20-13-6-1-9(7-12(13)17-14)15(19)16-10-2-4-11(21)5-3-10/h1-7,21H,8H2,(H,16,19)(H,17,18)/p+1. The van der Waals surface area contributed by atoms with Gasteiger partial charge in [0.1, 0.15) is 10.6 Å². The first-order chi connectivity index (χ1) is 10.1. The molecular formula is C15H13N2O3S+. The molecule has 0 unspecified atom stereocenters. The number of hydrogen-bond donors (Lipinski definition) is 2. The Labute approximate surface area is 126 Å². The molecule has 5 nitrogen and oxygen atoms in total. The van der Waals surface area contributed by atoms with Crippen molar-refractivity contribution in [3.05, 3.63) is 48.0 Å². The number of rotatable bonds is 2. The molecule has 0 saturated carbocycles. The van der Waals surface area contributed by atoms with Crippen LogP contribution in [0.3, 0.4) is 0 Å². The smallest absolute Gasteiger partial charge is 0.262 e. The number of nitrogens with one attached hydrogen (secondary N) is 2. The molecule has 106 valence electrons. The molecule has 2 aromatic carbocycles. The summed E-state index contributed by atoms with van der Waals surface area (Å²) in [5.41, 5.74) is 1.65. The van der Waals surface area contributed by atoms with Crippen molar-refractivity contribution in [2.45, 2.75) is 4.90 Å². The first-order valence-corrected chi connectivity index (χ1v) is 6.81. The van der Waals surface area contributed by atoms with Gasteiger partial charge in [0.05, 0.1) is 5.69 Å². The summed E-state index contributed by atoms with van der Waals surface area (Å²) >= 11 is 3.39. The van der Waals surface area contributed by atoms with Crippen LogP contribution in [0.15, 0.2) is 47.4 Å². The van der Waals surface area contributed by atoms with E-state index in [1.54, 1.807) is 30.3 Å². The quantitative estimate of drug-likeness (QED) is 0.829. The van der Waals surface area contributed by atoms with Crippen LogP contribution in [0.25, 0.3) is 0 Å². The van der Waals surface area contributed by atoms with Crippen molar-refractivity contribution in [3.63, 3.8) is 0 Å². The van der Waals surface area contributed by atoms with Gasteiger partial charge in [-0.25, -0.2) is 0 Å². The molecule has 1 aliphatic rings. The van der Waals surface area contributed by atoms with Gasteiger partial charge in [0.25, 0.3) is 11.8 Å².